The highest BCUT2D eigenvalue weighted by atomic mass is 32.2. The summed E-state index contributed by atoms with van der Waals surface area (Å²) in [6, 6.07) is 17.0. The van der Waals surface area contributed by atoms with Crippen LogP contribution in [0, 0.1) is 0 Å². The van der Waals surface area contributed by atoms with E-state index in [1.165, 1.54) is 4.31 Å². The number of rotatable bonds is 4. The van der Waals surface area contributed by atoms with Crippen LogP contribution in [0.25, 0.3) is 12.2 Å². The van der Waals surface area contributed by atoms with Crippen LogP contribution in [0.1, 0.15) is 11.1 Å². The van der Waals surface area contributed by atoms with Crippen LogP contribution in [0.5, 0.6) is 0 Å². The van der Waals surface area contributed by atoms with E-state index in [0.717, 1.165) is 11.1 Å². The molecule has 1 aliphatic rings. The summed E-state index contributed by atoms with van der Waals surface area (Å²) in [5.74, 6) is 0. The molecule has 0 amide bonds. The van der Waals surface area contributed by atoms with Crippen molar-refractivity contribution in [3.63, 3.8) is 0 Å². The van der Waals surface area contributed by atoms with Gasteiger partial charge in [-0.2, -0.15) is 4.31 Å². The van der Waals surface area contributed by atoms with E-state index in [9.17, 15) is 8.42 Å². The Kier molecular flexibility index (Phi) is 4.91. The Morgan fingerprint density at radius 2 is 1.39 bits per heavy atom. The standard InChI is InChI=1S/C18H19NO3S/c20-23(21,19-12-14-22-15-13-19)18-10-8-17(9-11-18)7-6-16-4-2-1-3-5-16/h1-11H,12-15H2/b7-6+. The molecule has 1 fully saturated rings. The van der Waals surface area contributed by atoms with Crippen LogP contribution in [-0.4, -0.2) is 39.0 Å². The first-order valence-corrected chi connectivity index (χ1v) is 9.01. The largest absolute Gasteiger partial charge is 0.379 e. The lowest BCUT2D eigenvalue weighted by molar-refractivity contribution is 0.0730. The zero-order valence-electron chi connectivity index (χ0n) is 12.8. The topological polar surface area (TPSA) is 46.6 Å². The zero-order valence-corrected chi connectivity index (χ0v) is 13.6. The number of hydrogen-bond acceptors (Lipinski definition) is 3. The molecular weight excluding hydrogens is 310 g/mol. The summed E-state index contributed by atoms with van der Waals surface area (Å²) in [6.07, 6.45) is 3.98. The van der Waals surface area contributed by atoms with Crippen molar-refractivity contribution >= 4 is 22.2 Å². The van der Waals surface area contributed by atoms with Crippen LogP contribution >= 0.6 is 0 Å². The SMILES string of the molecule is O=S(=O)(c1ccc(/C=C/c2ccccc2)cc1)N1CCOCC1. The minimum absolute atomic E-state index is 0.330. The molecule has 0 N–H and O–H groups in total. The van der Waals surface area contributed by atoms with Crippen molar-refractivity contribution in [1.29, 1.82) is 0 Å². The maximum atomic E-state index is 12.5. The molecule has 0 aromatic heterocycles. The van der Waals surface area contributed by atoms with E-state index in [0.29, 0.717) is 31.2 Å². The monoisotopic (exact) mass is 329 g/mol. The minimum Gasteiger partial charge on any atom is -0.379 e. The van der Waals surface area contributed by atoms with Crippen molar-refractivity contribution in [1.82, 2.24) is 4.31 Å². The molecule has 1 heterocycles. The Balaban J connectivity index is 1.75. The van der Waals surface area contributed by atoms with Crippen LogP contribution in [0.2, 0.25) is 0 Å². The smallest absolute Gasteiger partial charge is 0.243 e. The van der Waals surface area contributed by atoms with Gasteiger partial charge in [-0.1, -0.05) is 54.6 Å². The summed E-state index contributed by atoms with van der Waals surface area (Å²) >= 11 is 0. The molecule has 0 bridgehead atoms. The maximum absolute atomic E-state index is 12.5. The van der Waals surface area contributed by atoms with Crippen molar-refractivity contribution in [3.8, 4) is 0 Å². The molecule has 120 valence electrons. The second-order valence-corrected chi connectivity index (χ2v) is 7.27. The minimum atomic E-state index is -3.42. The average molecular weight is 329 g/mol. The summed E-state index contributed by atoms with van der Waals surface area (Å²) in [4.78, 5) is 0.330. The van der Waals surface area contributed by atoms with Gasteiger partial charge in [0.15, 0.2) is 0 Å². The van der Waals surface area contributed by atoms with Gasteiger partial charge < -0.3 is 4.74 Å². The molecule has 0 saturated carbocycles. The molecule has 0 spiro atoms. The Morgan fingerprint density at radius 3 is 2.00 bits per heavy atom. The summed E-state index contributed by atoms with van der Waals surface area (Å²) in [5, 5.41) is 0. The first-order chi connectivity index (χ1) is 11.2. The third-order valence-electron chi connectivity index (χ3n) is 3.76. The first kappa shape index (κ1) is 15.9. The van der Waals surface area contributed by atoms with E-state index >= 15 is 0 Å². The number of benzene rings is 2. The number of sulfonamides is 1. The van der Waals surface area contributed by atoms with Gasteiger partial charge in [-0.05, 0) is 23.3 Å². The third kappa shape index (κ3) is 3.88. The van der Waals surface area contributed by atoms with Crippen molar-refractivity contribution < 1.29 is 13.2 Å². The third-order valence-corrected chi connectivity index (χ3v) is 5.67. The molecule has 2 aromatic carbocycles. The Labute approximate surface area is 137 Å². The van der Waals surface area contributed by atoms with E-state index in [-0.39, 0.29) is 0 Å². The summed E-state index contributed by atoms with van der Waals surface area (Å²) in [6.45, 7) is 1.74. The van der Waals surface area contributed by atoms with Gasteiger partial charge in [0.2, 0.25) is 10.0 Å². The Bertz CT molecular complexity index is 762. The normalized spacial score (nSPS) is 16.7. The first-order valence-electron chi connectivity index (χ1n) is 7.57. The van der Waals surface area contributed by atoms with Gasteiger partial charge >= 0.3 is 0 Å². The van der Waals surface area contributed by atoms with Crippen LogP contribution in [0.4, 0.5) is 0 Å². The quantitative estimate of drug-likeness (QED) is 0.810. The van der Waals surface area contributed by atoms with Crippen LogP contribution in [0.3, 0.4) is 0 Å². The van der Waals surface area contributed by atoms with Gasteiger partial charge in [0, 0.05) is 13.1 Å². The van der Waals surface area contributed by atoms with Gasteiger partial charge in [-0.15, -0.1) is 0 Å². The summed E-state index contributed by atoms with van der Waals surface area (Å²) in [7, 11) is -3.42. The molecule has 23 heavy (non-hydrogen) atoms. The summed E-state index contributed by atoms with van der Waals surface area (Å²) in [5.41, 5.74) is 2.08. The summed E-state index contributed by atoms with van der Waals surface area (Å²) < 4.78 is 31.7. The fourth-order valence-corrected chi connectivity index (χ4v) is 3.85. The Morgan fingerprint density at radius 1 is 0.826 bits per heavy atom. The van der Waals surface area contributed by atoms with Gasteiger partial charge in [0.1, 0.15) is 0 Å². The molecule has 1 aliphatic heterocycles. The number of morpholine rings is 1. The lowest BCUT2D eigenvalue weighted by atomic mass is 10.1. The molecule has 0 aliphatic carbocycles. The fourth-order valence-electron chi connectivity index (χ4n) is 2.44. The Hall–Kier alpha value is -1.95. The molecule has 3 rings (SSSR count). The van der Waals surface area contributed by atoms with E-state index in [2.05, 4.69) is 0 Å². The second-order valence-electron chi connectivity index (χ2n) is 5.33. The highest BCUT2D eigenvalue weighted by molar-refractivity contribution is 7.89. The molecular formula is C18H19NO3S. The average Bonchev–Trinajstić information content (AvgIpc) is 2.62. The lowest BCUT2D eigenvalue weighted by Crippen LogP contribution is -2.40. The molecule has 0 radical (unpaired) electrons. The molecule has 2 aromatic rings. The highest BCUT2D eigenvalue weighted by Crippen LogP contribution is 2.18. The molecule has 4 nitrogen and oxygen atoms in total. The number of hydrogen-bond donors (Lipinski definition) is 0. The fraction of sp³-hybridized carbons (Fsp3) is 0.222. The van der Waals surface area contributed by atoms with E-state index in [1.54, 1.807) is 12.1 Å². The zero-order chi connectivity index (χ0) is 16.1. The van der Waals surface area contributed by atoms with Crippen LogP contribution < -0.4 is 0 Å². The van der Waals surface area contributed by atoms with Crippen molar-refractivity contribution in [3.05, 3.63) is 65.7 Å². The van der Waals surface area contributed by atoms with Gasteiger partial charge in [-0.25, -0.2) is 8.42 Å². The van der Waals surface area contributed by atoms with E-state index in [1.807, 2.05) is 54.6 Å². The molecule has 0 unspecified atom stereocenters. The van der Waals surface area contributed by atoms with Crippen molar-refractivity contribution in [2.75, 3.05) is 26.3 Å². The van der Waals surface area contributed by atoms with Crippen LogP contribution in [0.15, 0.2) is 59.5 Å². The van der Waals surface area contributed by atoms with Crippen LogP contribution in [-0.2, 0) is 14.8 Å². The van der Waals surface area contributed by atoms with Gasteiger partial charge in [0.05, 0.1) is 18.1 Å². The van der Waals surface area contributed by atoms with Gasteiger partial charge in [0.25, 0.3) is 0 Å². The predicted molar refractivity (Wildman–Crippen MR) is 91.4 cm³/mol. The predicted octanol–water partition coefficient (Wildman–Crippen LogP) is 2.88. The van der Waals surface area contributed by atoms with Crippen molar-refractivity contribution in [2.45, 2.75) is 4.90 Å². The number of ether oxygens (including phenoxy) is 1. The highest BCUT2D eigenvalue weighted by Gasteiger charge is 2.25. The van der Waals surface area contributed by atoms with Crippen molar-refractivity contribution in [2.24, 2.45) is 0 Å². The van der Waals surface area contributed by atoms with E-state index in [4.69, 9.17) is 4.74 Å². The number of nitrogens with zero attached hydrogens (tertiary/aromatic N) is 1. The molecule has 0 atom stereocenters. The maximum Gasteiger partial charge on any atom is 0.243 e. The lowest BCUT2D eigenvalue weighted by Gasteiger charge is -2.26. The molecule has 1 saturated heterocycles. The second kappa shape index (κ2) is 7.08. The van der Waals surface area contributed by atoms with Gasteiger partial charge in [-0.3, -0.25) is 0 Å². The van der Waals surface area contributed by atoms with E-state index < -0.39 is 10.0 Å². The molecule has 5 heteroatoms.